The lowest BCUT2D eigenvalue weighted by molar-refractivity contribution is -0.159. The Labute approximate surface area is 158 Å². The van der Waals surface area contributed by atoms with E-state index in [1.807, 2.05) is 0 Å². The Morgan fingerprint density at radius 1 is 0.769 bits per heavy atom. The zero-order chi connectivity index (χ0) is 19.7. The predicted octanol–water partition coefficient (Wildman–Crippen LogP) is 3.92. The van der Waals surface area contributed by atoms with Crippen molar-refractivity contribution < 1.29 is 19.8 Å². The van der Waals surface area contributed by atoms with Gasteiger partial charge in [0.25, 0.3) is 0 Å². The molecule has 0 unspecified atom stereocenters. The minimum atomic E-state index is -1.85. The number of carboxylic acids is 2. The molecule has 0 aromatic rings. The van der Waals surface area contributed by atoms with Gasteiger partial charge in [0.2, 0.25) is 5.54 Å². The van der Waals surface area contributed by atoms with Crippen molar-refractivity contribution in [1.29, 1.82) is 0 Å². The molecule has 0 bridgehead atoms. The fourth-order valence-corrected chi connectivity index (χ4v) is 3.17. The van der Waals surface area contributed by atoms with Gasteiger partial charge in [-0.3, -0.25) is 5.32 Å². The number of aliphatic carboxylic acids is 2. The largest absolute Gasteiger partial charge is 0.479 e. The van der Waals surface area contributed by atoms with E-state index in [1.54, 1.807) is 0 Å². The maximum absolute atomic E-state index is 11.6. The van der Waals surface area contributed by atoms with Crippen LogP contribution in [0, 0.1) is 0 Å². The predicted molar refractivity (Wildman–Crippen MR) is 105 cm³/mol. The average molecular weight is 373 g/mol. The van der Waals surface area contributed by atoms with Gasteiger partial charge in [-0.25, -0.2) is 9.59 Å². The second-order valence-corrected chi connectivity index (χ2v) is 7.22. The first-order valence-corrected chi connectivity index (χ1v) is 10.4. The van der Waals surface area contributed by atoms with E-state index in [1.165, 1.54) is 32.1 Å². The molecular weight excluding hydrogens is 332 g/mol. The van der Waals surface area contributed by atoms with Crippen LogP contribution in [-0.2, 0) is 9.59 Å². The van der Waals surface area contributed by atoms with Gasteiger partial charge in [0, 0.05) is 0 Å². The minimum Gasteiger partial charge on any atom is -0.479 e. The summed E-state index contributed by atoms with van der Waals surface area (Å²) in [6.07, 6.45) is 13.7. The number of nitrogens with one attached hydrogen (secondary N) is 1. The van der Waals surface area contributed by atoms with Crippen molar-refractivity contribution in [3.63, 3.8) is 0 Å². The highest BCUT2D eigenvalue weighted by Crippen LogP contribution is 2.19. The third kappa shape index (κ3) is 10.8. The molecule has 6 nitrogen and oxygen atoms in total. The molecule has 6 heteroatoms. The van der Waals surface area contributed by atoms with E-state index in [0.29, 0.717) is 19.5 Å². The molecule has 0 aliphatic carbocycles. The van der Waals surface area contributed by atoms with Crippen LogP contribution in [0.4, 0.5) is 0 Å². The number of nitrogens with two attached hydrogens (primary N) is 1. The average Bonchev–Trinajstić information content (AvgIpc) is 2.60. The number of carboxylic acid groups (broad SMARTS) is 2. The first-order valence-electron chi connectivity index (χ1n) is 10.4. The number of hydrogen-bond acceptors (Lipinski definition) is 4. The Morgan fingerprint density at radius 2 is 1.23 bits per heavy atom. The molecule has 0 aliphatic heterocycles. The quantitative estimate of drug-likeness (QED) is 0.202. The van der Waals surface area contributed by atoms with Crippen LogP contribution in [0.3, 0.4) is 0 Å². The highest BCUT2D eigenvalue weighted by atomic mass is 16.4. The van der Waals surface area contributed by atoms with Gasteiger partial charge in [0.1, 0.15) is 0 Å². The van der Waals surface area contributed by atoms with Crippen molar-refractivity contribution in [1.82, 2.24) is 5.32 Å². The molecule has 0 saturated heterocycles. The smallest absolute Gasteiger partial charge is 0.335 e. The zero-order valence-corrected chi connectivity index (χ0v) is 16.6. The highest BCUT2D eigenvalue weighted by Gasteiger charge is 2.45. The molecule has 0 radical (unpaired) electrons. The van der Waals surface area contributed by atoms with Gasteiger partial charge in [-0.2, -0.15) is 0 Å². The summed E-state index contributed by atoms with van der Waals surface area (Å²) in [7, 11) is 0. The molecule has 0 spiro atoms. The zero-order valence-electron chi connectivity index (χ0n) is 16.6. The molecule has 0 amide bonds. The van der Waals surface area contributed by atoms with E-state index in [0.717, 1.165) is 44.9 Å². The van der Waals surface area contributed by atoms with Crippen LogP contribution < -0.4 is 11.1 Å². The Kier molecular flexibility index (Phi) is 15.4. The molecule has 0 atom stereocenters. The van der Waals surface area contributed by atoms with E-state index in [4.69, 9.17) is 5.73 Å². The van der Waals surface area contributed by atoms with Crippen LogP contribution in [0.15, 0.2) is 0 Å². The maximum Gasteiger partial charge on any atom is 0.335 e. The van der Waals surface area contributed by atoms with E-state index in [-0.39, 0.29) is 6.42 Å². The van der Waals surface area contributed by atoms with E-state index >= 15 is 0 Å². The first kappa shape index (κ1) is 24.9. The first-order chi connectivity index (χ1) is 12.5. The SMILES string of the molecule is CCCCCCCCCCCC(NCCCCCCN)(C(=O)O)C(=O)O. The summed E-state index contributed by atoms with van der Waals surface area (Å²) >= 11 is 0. The monoisotopic (exact) mass is 372 g/mol. The lowest BCUT2D eigenvalue weighted by atomic mass is 9.91. The van der Waals surface area contributed by atoms with Gasteiger partial charge in [-0.15, -0.1) is 0 Å². The van der Waals surface area contributed by atoms with E-state index in [2.05, 4.69) is 12.2 Å². The summed E-state index contributed by atoms with van der Waals surface area (Å²) in [5.41, 5.74) is 3.59. The van der Waals surface area contributed by atoms with Gasteiger partial charge in [0.05, 0.1) is 0 Å². The molecule has 5 N–H and O–H groups in total. The summed E-state index contributed by atoms with van der Waals surface area (Å²) < 4.78 is 0. The number of hydrogen-bond donors (Lipinski definition) is 4. The van der Waals surface area contributed by atoms with Crippen LogP contribution >= 0.6 is 0 Å². The van der Waals surface area contributed by atoms with Crippen LogP contribution in [0.1, 0.15) is 96.8 Å². The second-order valence-electron chi connectivity index (χ2n) is 7.22. The molecule has 0 aromatic heterocycles. The fourth-order valence-electron chi connectivity index (χ4n) is 3.17. The Morgan fingerprint density at radius 3 is 1.73 bits per heavy atom. The third-order valence-corrected chi connectivity index (χ3v) is 4.94. The van der Waals surface area contributed by atoms with Crippen molar-refractivity contribution in [2.75, 3.05) is 13.1 Å². The maximum atomic E-state index is 11.6. The molecule has 26 heavy (non-hydrogen) atoms. The summed E-state index contributed by atoms with van der Waals surface area (Å²) in [4.78, 5) is 23.3. The van der Waals surface area contributed by atoms with Crippen molar-refractivity contribution in [3.05, 3.63) is 0 Å². The number of carbonyl (C=O) groups is 2. The Balaban J connectivity index is 4.14. The molecular formula is C20H40N2O4. The van der Waals surface area contributed by atoms with Crippen molar-refractivity contribution in [3.8, 4) is 0 Å². The minimum absolute atomic E-state index is 0.135. The molecule has 0 saturated carbocycles. The number of unbranched alkanes of at least 4 members (excludes halogenated alkanes) is 11. The Bertz CT molecular complexity index is 361. The Hall–Kier alpha value is -1.14. The topological polar surface area (TPSA) is 113 Å². The molecule has 154 valence electrons. The third-order valence-electron chi connectivity index (χ3n) is 4.94. The van der Waals surface area contributed by atoms with Crippen LogP contribution in [-0.4, -0.2) is 40.8 Å². The van der Waals surface area contributed by atoms with Gasteiger partial charge >= 0.3 is 11.9 Å². The van der Waals surface area contributed by atoms with Crippen molar-refractivity contribution in [2.24, 2.45) is 5.73 Å². The van der Waals surface area contributed by atoms with Crippen molar-refractivity contribution >= 4 is 11.9 Å². The molecule has 0 fully saturated rings. The normalized spacial score (nSPS) is 11.6. The van der Waals surface area contributed by atoms with Gasteiger partial charge < -0.3 is 15.9 Å². The van der Waals surface area contributed by atoms with Gasteiger partial charge in [0.15, 0.2) is 0 Å². The molecule has 0 rings (SSSR count). The lowest BCUT2D eigenvalue weighted by Gasteiger charge is -2.26. The standard InChI is InChI=1S/C20H40N2O4/c1-2-3-4-5-6-7-8-9-12-15-20(18(23)24,19(25)26)22-17-14-11-10-13-16-21/h22H,2-17,21H2,1H3,(H,23,24)(H,25,26). The second kappa shape index (κ2) is 16.1. The highest BCUT2D eigenvalue weighted by molar-refractivity contribution is 6.03. The van der Waals surface area contributed by atoms with Crippen LogP contribution in [0.2, 0.25) is 0 Å². The summed E-state index contributed by atoms with van der Waals surface area (Å²) in [6.45, 7) is 3.26. The van der Waals surface area contributed by atoms with Gasteiger partial charge in [-0.05, 0) is 32.4 Å². The van der Waals surface area contributed by atoms with Gasteiger partial charge in [-0.1, -0.05) is 77.6 Å². The number of rotatable bonds is 19. The molecule has 0 heterocycles. The molecule has 0 aliphatic rings. The molecule has 0 aromatic carbocycles. The lowest BCUT2D eigenvalue weighted by Crippen LogP contribution is -2.58. The van der Waals surface area contributed by atoms with E-state index in [9.17, 15) is 19.8 Å². The summed E-state index contributed by atoms with van der Waals surface area (Å²) in [5, 5.41) is 21.8. The summed E-state index contributed by atoms with van der Waals surface area (Å²) in [5.74, 6) is -2.57. The van der Waals surface area contributed by atoms with Crippen LogP contribution in [0.5, 0.6) is 0 Å². The summed E-state index contributed by atoms with van der Waals surface area (Å²) in [6, 6.07) is 0. The fraction of sp³-hybridized carbons (Fsp3) is 0.900. The van der Waals surface area contributed by atoms with Crippen molar-refractivity contribution in [2.45, 2.75) is 102 Å². The van der Waals surface area contributed by atoms with Crippen LogP contribution in [0.25, 0.3) is 0 Å². The van der Waals surface area contributed by atoms with E-state index < -0.39 is 17.5 Å².